The van der Waals surface area contributed by atoms with Gasteiger partial charge in [0.05, 0.1) is 0 Å². The molecule has 110 valence electrons. The zero-order chi connectivity index (χ0) is 15.2. The number of hydrogen-bond acceptors (Lipinski definition) is 2. The highest BCUT2D eigenvalue weighted by atomic mass is 16.3. The fraction of sp³-hybridized carbons (Fsp3) is 0.278. The molecule has 0 saturated heterocycles. The van der Waals surface area contributed by atoms with Crippen LogP contribution in [0, 0.1) is 5.92 Å². The SMILES string of the molecule is C/C=C\C(=C/C)C(C)C(O)c1nccn1-c1ccccc1. The van der Waals surface area contributed by atoms with Crippen molar-refractivity contribution in [3.8, 4) is 5.69 Å². The van der Waals surface area contributed by atoms with Crippen molar-refractivity contribution in [1.82, 2.24) is 9.55 Å². The van der Waals surface area contributed by atoms with Gasteiger partial charge in [-0.1, -0.05) is 43.4 Å². The van der Waals surface area contributed by atoms with Gasteiger partial charge in [-0.15, -0.1) is 0 Å². The molecule has 1 aromatic heterocycles. The maximum Gasteiger partial charge on any atom is 0.142 e. The van der Waals surface area contributed by atoms with Crippen LogP contribution in [0.15, 0.2) is 66.5 Å². The van der Waals surface area contributed by atoms with E-state index in [0.29, 0.717) is 5.82 Å². The summed E-state index contributed by atoms with van der Waals surface area (Å²) in [6, 6.07) is 9.94. The van der Waals surface area contributed by atoms with Crippen LogP contribution in [0.1, 0.15) is 32.7 Å². The number of aromatic nitrogens is 2. The molecule has 21 heavy (non-hydrogen) atoms. The van der Waals surface area contributed by atoms with Crippen LogP contribution in [0.3, 0.4) is 0 Å². The number of aliphatic hydroxyl groups excluding tert-OH is 1. The monoisotopic (exact) mass is 282 g/mol. The largest absolute Gasteiger partial charge is 0.385 e. The van der Waals surface area contributed by atoms with Crippen molar-refractivity contribution in [1.29, 1.82) is 0 Å². The third-order valence-electron chi connectivity index (χ3n) is 3.66. The van der Waals surface area contributed by atoms with Crippen LogP contribution < -0.4 is 0 Å². The van der Waals surface area contributed by atoms with Crippen molar-refractivity contribution in [2.75, 3.05) is 0 Å². The third kappa shape index (κ3) is 3.31. The van der Waals surface area contributed by atoms with E-state index in [-0.39, 0.29) is 5.92 Å². The maximum atomic E-state index is 10.7. The summed E-state index contributed by atoms with van der Waals surface area (Å²) >= 11 is 0. The lowest BCUT2D eigenvalue weighted by Gasteiger charge is -2.21. The molecular formula is C18H22N2O. The van der Waals surface area contributed by atoms with E-state index in [2.05, 4.69) is 4.98 Å². The minimum absolute atomic E-state index is 0.0175. The summed E-state index contributed by atoms with van der Waals surface area (Å²) in [5, 5.41) is 10.7. The van der Waals surface area contributed by atoms with Gasteiger partial charge in [0.1, 0.15) is 11.9 Å². The highest BCUT2D eigenvalue weighted by Gasteiger charge is 2.23. The van der Waals surface area contributed by atoms with Crippen LogP contribution in [-0.4, -0.2) is 14.7 Å². The molecule has 2 unspecified atom stereocenters. The van der Waals surface area contributed by atoms with Crippen molar-refractivity contribution in [3.05, 3.63) is 72.4 Å². The fourth-order valence-electron chi connectivity index (χ4n) is 2.45. The van der Waals surface area contributed by atoms with Crippen molar-refractivity contribution in [2.45, 2.75) is 26.9 Å². The molecule has 0 fully saturated rings. The van der Waals surface area contributed by atoms with Gasteiger partial charge in [0, 0.05) is 24.0 Å². The van der Waals surface area contributed by atoms with Gasteiger partial charge in [-0.3, -0.25) is 0 Å². The predicted octanol–water partition coefficient (Wildman–Crippen LogP) is 4.06. The fourth-order valence-corrected chi connectivity index (χ4v) is 2.45. The van der Waals surface area contributed by atoms with Gasteiger partial charge >= 0.3 is 0 Å². The lowest BCUT2D eigenvalue weighted by molar-refractivity contribution is 0.125. The second-order valence-electron chi connectivity index (χ2n) is 5.01. The number of para-hydroxylation sites is 1. The summed E-state index contributed by atoms with van der Waals surface area (Å²) < 4.78 is 1.93. The molecule has 0 bridgehead atoms. The number of benzene rings is 1. The first-order valence-corrected chi connectivity index (χ1v) is 7.24. The molecule has 2 rings (SSSR count). The average Bonchev–Trinajstić information content (AvgIpc) is 3.01. The molecule has 3 heteroatoms. The molecule has 2 atom stereocenters. The van der Waals surface area contributed by atoms with Gasteiger partial charge in [-0.25, -0.2) is 4.98 Å². The minimum atomic E-state index is -0.650. The summed E-state index contributed by atoms with van der Waals surface area (Å²) in [4.78, 5) is 4.35. The van der Waals surface area contributed by atoms with E-state index in [0.717, 1.165) is 11.3 Å². The Morgan fingerprint density at radius 2 is 1.95 bits per heavy atom. The Morgan fingerprint density at radius 1 is 1.24 bits per heavy atom. The molecule has 0 aliphatic carbocycles. The first-order valence-electron chi connectivity index (χ1n) is 7.24. The third-order valence-corrected chi connectivity index (χ3v) is 3.66. The number of rotatable bonds is 5. The molecule has 1 heterocycles. The lowest BCUT2D eigenvalue weighted by Crippen LogP contribution is -2.15. The van der Waals surface area contributed by atoms with Crippen LogP contribution in [0.25, 0.3) is 5.69 Å². The molecular weight excluding hydrogens is 260 g/mol. The number of hydrogen-bond donors (Lipinski definition) is 1. The minimum Gasteiger partial charge on any atom is -0.385 e. The zero-order valence-electron chi connectivity index (χ0n) is 12.8. The van der Waals surface area contributed by atoms with E-state index in [1.54, 1.807) is 6.20 Å². The van der Waals surface area contributed by atoms with Gasteiger partial charge < -0.3 is 9.67 Å². The molecule has 0 aliphatic rings. The second-order valence-corrected chi connectivity index (χ2v) is 5.01. The van der Waals surface area contributed by atoms with Gasteiger partial charge in [-0.2, -0.15) is 0 Å². The van der Waals surface area contributed by atoms with E-state index >= 15 is 0 Å². The van der Waals surface area contributed by atoms with Gasteiger partial charge in [-0.05, 0) is 31.6 Å². The number of nitrogens with zero attached hydrogens (tertiary/aromatic N) is 2. The molecule has 0 amide bonds. The first-order chi connectivity index (χ1) is 10.2. The van der Waals surface area contributed by atoms with Crippen LogP contribution in [0.2, 0.25) is 0 Å². The Bertz CT molecular complexity index is 626. The lowest BCUT2D eigenvalue weighted by atomic mass is 9.94. The molecule has 0 spiro atoms. The molecule has 1 N–H and O–H groups in total. The number of aliphatic hydroxyl groups is 1. The molecule has 3 nitrogen and oxygen atoms in total. The summed E-state index contributed by atoms with van der Waals surface area (Å²) in [7, 11) is 0. The first kappa shape index (κ1) is 15.3. The number of imidazole rings is 1. The van der Waals surface area contributed by atoms with Crippen LogP contribution in [0.4, 0.5) is 0 Å². The number of allylic oxidation sites excluding steroid dienone is 3. The van der Waals surface area contributed by atoms with Gasteiger partial charge in [0.25, 0.3) is 0 Å². The molecule has 2 aromatic rings. The van der Waals surface area contributed by atoms with Gasteiger partial charge in [0.15, 0.2) is 0 Å². The normalized spacial score (nSPS) is 15.3. The van der Waals surface area contributed by atoms with Crippen molar-refractivity contribution in [2.24, 2.45) is 5.92 Å². The highest BCUT2D eigenvalue weighted by molar-refractivity contribution is 5.34. The molecule has 1 aromatic carbocycles. The molecule has 0 radical (unpaired) electrons. The van der Waals surface area contributed by atoms with E-state index in [9.17, 15) is 5.11 Å². The van der Waals surface area contributed by atoms with E-state index in [1.807, 2.05) is 80.1 Å². The summed E-state index contributed by atoms with van der Waals surface area (Å²) in [5.41, 5.74) is 2.11. The summed E-state index contributed by atoms with van der Waals surface area (Å²) in [6.45, 7) is 5.99. The van der Waals surface area contributed by atoms with Crippen molar-refractivity contribution in [3.63, 3.8) is 0 Å². The Hall–Kier alpha value is -2.13. The second kappa shape index (κ2) is 7.04. The highest BCUT2D eigenvalue weighted by Crippen LogP contribution is 2.28. The van der Waals surface area contributed by atoms with Crippen LogP contribution in [-0.2, 0) is 0 Å². The molecule has 0 aliphatic heterocycles. The smallest absolute Gasteiger partial charge is 0.142 e. The predicted molar refractivity (Wildman–Crippen MR) is 86.3 cm³/mol. The van der Waals surface area contributed by atoms with Crippen LogP contribution in [0.5, 0.6) is 0 Å². The maximum absolute atomic E-state index is 10.7. The Morgan fingerprint density at radius 3 is 2.57 bits per heavy atom. The van der Waals surface area contributed by atoms with E-state index < -0.39 is 6.10 Å². The quantitative estimate of drug-likeness (QED) is 0.840. The van der Waals surface area contributed by atoms with Gasteiger partial charge in [0.2, 0.25) is 0 Å². The average molecular weight is 282 g/mol. The summed E-state index contributed by atoms with van der Waals surface area (Å²) in [6.07, 6.45) is 9.01. The van der Waals surface area contributed by atoms with Crippen molar-refractivity contribution < 1.29 is 5.11 Å². The standard InChI is InChI=1S/C18H22N2O/c1-4-9-15(5-2)14(3)17(21)18-19-12-13-20(18)16-10-7-6-8-11-16/h4-14,17,21H,1-3H3/b9-4-,15-5+. The Labute approximate surface area is 126 Å². The summed E-state index contributed by atoms with van der Waals surface area (Å²) in [5.74, 6) is 0.647. The van der Waals surface area contributed by atoms with E-state index in [4.69, 9.17) is 0 Å². The topological polar surface area (TPSA) is 38.1 Å². The Balaban J connectivity index is 2.33. The van der Waals surface area contributed by atoms with Crippen LogP contribution >= 0.6 is 0 Å². The van der Waals surface area contributed by atoms with E-state index in [1.165, 1.54) is 0 Å². The van der Waals surface area contributed by atoms with Crippen molar-refractivity contribution >= 4 is 0 Å². The zero-order valence-corrected chi connectivity index (χ0v) is 12.8. The molecule has 0 saturated carbocycles. The Kier molecular flexibility index (Phi) is 5.12.